The van der Waals surface area contributed by atoms with Crippen LogP contribution in [0.5, 0.6) is 0 Å². The van der Waals surface area contributed by atoms with E-state index in [2.05, 4.69) is 13.0 Å². The molecule has 0 heterocycles. The zero-order valence-corrected chi connectivity index (χ0v) is 15.2. The van der Waals surface area contributed by atoms with Crippen molar-refractivity contribution in [2.75, 3.05) is 27.4 Å². The van der Waals surface area contributed by atoms with Crippen molar-refractivity contribution < 1.29 is 19.7 Å². The molecule has 0 saturated heterocycles. The van der Waals surface area contributed by atoms with Gasteiger partial charge in [0, 0.05) is 14.2 Å². The molecule has 0 aliphatic heterocycles. The molecule has 3 unspecified atom stereocenters. The molecule has 0 amide bonds. The number of benzene rings is 2. The topological polar surface area (TPSA) is 58.9 Å². The highest BCUT2D eigenvalue weighted by atomic mass is 16.5. The summed E-state index contributed by atoms with van der Waals surface area (Å²) in [6.07, 6.45) is -0.379. The van der Waals surface area contributed by atoms with Crippen LogP contribution in [0.2, 0.25) is 0 Å². The molecule has 136 valence electrons. The fourth-order valence-corrected chi connectivity index (χ4v) is 3.04. The highest BCUT2D eigenvalue weighted by Gasteiger charge is 2.15. The van der Waals surface area contributed by atoms with Gasteiger partial charge in [-0.1, -0.05) is 55.5 Å². The van der Waals surface area contributed by atoms with Crippen molar-refractivity contribution in [3.8, 4) is 0 Å². The molecule has 0 aliphatic carbocycles. The van der Waals surface area contributed by atoms with Crippen LogP contribution in [0.4, 0.5) is 0 Å². The summed E-state index contributed by atoms with van der Waals surface area (Å²) in [5.74, 6) is 0.296. The third-order valence-electron chi connectivity index (χ3n) is 4.48. The Morgan fingerprint density at radius 3 is 2.00 bits per heavy atom. The summed E-state index contributed by atoms with van der Waals surface area (Å²) < 4.78 is 10.1. The average molecular weight is 344 g/mol. The predicted octanol–water partition coefficient (Wildman–Crippen LogP) is 3.39. The monoisotopic (exact) mass is 344 g/mol. The van der Waals surface area contributed by atoms with Gasteiger partial charge < -0.3 is 19.7 Å². The first-order valence-corrected chi connectivity index (χ1v) is 8.58. The van der Waals surface area contributed by atoms with Gasteiger partial charge in [-0.05, 0) is 34.6 Å². The van der Waals surface area contributed by atoms with Gasteiger partial charge in [0.05, 0.1) is 13.2 Å². The van der Waals surface area contributed by atoms with E-state index in [-0.39, 0.29) is 6.61 Å². The molecular weight excluding hydrogens is 316 g/mol. The van der Waals surface area contributed by atoms with Gasteiger partial charge in [-0.25, -0.2) is 0 Å². The Hall–Kier alpha value is -1.72. The Labute approximate surface area is 150 Å². The number of aliphatic hydroxyl groups excluding tert-OH is 2. The standard InChI is InChI=1S/C21H28O4/c1-15(16-8-10-17(11-9-16)20(22)13-24-2)12-18-6-4-5-7-19(18)21(23)14-25-3/h4-11,15,20-23H,12-14H2,1-3H3. The fourth-order valence-electron chi connectivity index (χ4n) is 3.04. The highest BCUT2D eigenvalue weighted by Crippen LogP contribution is 2.26. The van der Waals surface area contributed by atoms with Crippen LogP contribution in [-0.2, 0) is 15.9 Å². The van der Waals surface area contributed by atoms with Crippen molar-refractivity contribution in [3.05, 3.63) is 70.8 Å². The van der Waals surface area contributed by atoms with E-state index in [1.807, 2.05) is 42.5 Å². The first-order chi connectivity index (χ1) is 12.1. The van der Waals surface area contributed by atoms with Gasteiger partial charge in [0.2, 0.25) is 0 Å². The molecule has 2 aromatic carbocycles. The number of aliphatic hydroxyl groups is 2. The molecule has 2 rings (SSSR count). The lowest BCUT2D eigenvalue weighted by Gasteiger charge is -2.19. The van der Waals surface area contributed by atoms with E-state index in [0.29, 0.717) is 12.5 Å². The molecule has 4 heteroatoms. The number of methoxy groups -OCH3 is 2. The van der Waals surface area contributed by atoms with Crippen molar-refractivity contribution in [1.29, 1.82) is 0 Å². The molecule has 2 aromatic rings. The van der Waals surface area contributed by atoms with Crippen LogP contribution in [0.3, 0.4) is 0 Å². The highest BCUT2D eigenvalue weighted by molar-refractivity contribution is 5.33. The molecule has 2 N–H and O–H groups in total. The van der Waals surface area contributed by atoms with E-state index in [1.165, 1.54) is 5.56 Å². The smallest absolute Gasteiger partial charge is 0.103 e. The Morgan fingerprint density at radius 2 is 1.36 bits per heavy atom. The second kappa shape index (κ2) is 9.68. The number of hydrogen-bond acceptors (Lipinski definition) is 4. The molecular formula is C21H28O4. The van der Waals surface area contributed by atoms with Crippen LogP contribution in [-0.4, -0.2) is 37.6 Å². The Balaban J connectivity index is 2.11. The van der Waals surface area contributed by atoms with Crippen LogP contribution in [0, 0.1) is 0 Å². The van der Waals surface area contributed by atoms with Crippen LogP contribution < -0.4 is 0 Å². The van der Waals surface area contributed by atoms with E-state index in [9.17, 15) is 10.2 Å². The summed E-state index contributed by atoms with van der Waals surface area (Å²) in [5.41, 5.74) is 4.10. The molecule has 3 atom stereocenters. The van der Waals surface area contributed by atoms with E-state index in [4.69, 9.17) is 9.47 Å². The van der Waals surface area contributed by atoms with Crippen LogP contribution >= 0.6 is 0 Å². The Kier molecular flexibility index (Phi) is 7.59. The molecule has 0 bridgehead atoms. The van der Waals surface area contributed by atoms with E-state index < -0.39 is 12.2 Å². The third-order valence-corrected chi connectivity index (χ3v) is 4.48. The third kappa shape index (κ3) is 5.38. The SMILES string of the molecule is COCC(O)c1ccc(C(C)Cc2ccccc2C(O)COC)cc1. The minimum absolute atomic E-state index is 0.289. The molecule has 25 heavy (non-hydrogen) atoms. The second-order valence-corrected chi connectivity index (χ2v) is 6.41. The lowest BCUT2D eigenvalue weighted by molar-refractivity contribution is 0.0638. The van der Waals surface area contributed by atoms with Crippen LogP contribution in [0.25, 0.3) is 0 Å². The van der Waals surface area contributed by atoms with Crippen molar-refractivity contribution in [2.45, 2.75) is 31.5 Å². The zero-order valence-electron chi connectivity index (χ0n) is 15.2. The van der Waals surface area contributed by atoms with Gasteiger partial charge in [-0.15, -0.1) is 0 Å². The first-order valence-electron chi connectivity index (χ1n) is 8.58. The zero-order chi connectivity index (χ0) is 18.2. The molecule has 0 spiro atoms. The number of ether oxygens (including phenoxy) is 2. The Morgan fingerprint density at radius 1 is 0.800 bits per heavy atom. The van der Waals surface area contributed by atoms with Gasteiger partial charge in [-0.2, -0.15) is 0 Å². The predicted molar refractivity (Wildman–Crippen MR) is 98.7 cm³/mol. The molecule has 0 fully saturated rings. The summed E-state index contributed by atoms with van der Waals surface area (Å²) >= 11 is 0. The largest absolute Gasteiger partial charge is 0.386 e. The normalized spacial score (nSPS) is 14.9. The van der Waals surface area contributed by atoms with Gasteiger partial charge in [0.25, 0.3) is 0 Å². The minimum atomic E-state index is -0.611. The molecule has 0 saturated carbocycles. The summed E-state index contributed by atoms with van der Waals surface area (Å²) in [5, 5.41) is 20.2. The summed E-state index contributed by atoms with van der Waals surface area (Å²) in [6.45, 7) is 2.75. The maximum atomic E-state index is 10.3. The van der Waals surface area contributed by atoms with Crippen LogP contribution in [0.15, 0.2) is 48.5 Å². The Bertz CT molecular complexity index is 639. The quantitative estimate of drug-likeness (QED) is 0.732. The first kappa shape index (κ1) is 19.6. The van der Waals surface area contributed by atoms with Gasteiger partial charge >= 0.3 is 0 Å². The summed E-state index contributed by atoms with van der Waals surface area (Å²) in [6, 6.07) is 15.9. The van der Waals surface area contributed by atoms with Gasteiger partial charge in [0.1, 0.15) is 12.2 Å². The maximum absolute atomic E-state index is 10.3. The summed E-state index contributed by atoms with van der Waals surface area (Å²) in [4.78, 5) is 0. The fraction of sp³-hybridized carbons (Fsp3) is 0.429. The lowest BCUT2D eigenvalue weighted by atomic mass is 9.89. The minimum Gasteiger partial charge on any atom is -0.386 e. The van der Waals surface area contributed by atoms with E-state index in [1.54, 1.807) is 14.2 Å². The molecule has 0 aromatic heterocycles. The van der Waals surface area contributed by atoms with Crippen molar-refractivity contribution >= 4 is 0 Å². The molecule has 0 radical (unpaired) electrons. The van der Waals surface area contributed by atoms with E-state index >= 15 is 0 Å². The van der Waals surface area contributed by atoms with Gasteiger partial charge in [-0.3, -0.25) is 0 Å². The van der Waals surface area contributed by atoms with Crippen molar-refractivity contribution in [1.82, 2.24) is 0 Å². The maximum Gasteiger partial charge on any atom is 0.103 e. The number of rotatable bonds is 9. The van der Waals surface area contributed by atoms with Crippen molar-refractivity contribution in [2.24, 2.45) is 0 Å². The number of hydrogen-bond donors (Lipinski definition) is 2. The molecule has 0 aliphatic rings. The van der Waals surface area contributed by atoms with Gasteiger partial charge in [0.15, 0.2) is 0 Å². The molecule has 4 nitrogen and oxygen atoms in total. The van der Waals surface area contributed by atoms with Crippen molar-refractivity contribution in [3.63, 3.8) is 0 Å². The van der Waals surface area contributed by atoms with Crippen LogP contribution in [0.1, 0.15) is 47.3 Å². The lowest BCUT2D eigenvalue weighted by Crippen LogP contribution is -2.10. The average Bonchev–Trinajstić information content (AvgIpc) is 2.62. The summed E-state index contributed by atoms with van der Waals surface area (Å²) in [7, 11) is 3.17. The second-order valence-electron chi connectivity index (χ2n) is 6.41. The van der Waals surface area contributed by atoms with E-state index in [0.717, 1.165) is 23.1 Å².